The lowest BCUT2D eigenvalue weighted by Crippen LogP contribution is -2.47. The molecule has 2 amide bonds. The minimum Gasteiger partial charge on any atom is -0.352 e. The molecule has 0 saturated carbocycles. The summed E-state index contributed by atoms with van der Waals surface area (Å²) in [4.78, 5) is 24.6. The molecule has 1 rings (SSSR count). The fourth-order valence-electron chi connectivity index (χ4n) is 2.49. The molecule has 0 aliphatic heterocycles. The molecule has 0 saturated heterocycles. The molecule has 0 aliphatic carbocycles. The van der Waals surface area contributed by atoms with Crippen LogP contribution in [0.15, 0.2) is 24.3 Å². The first-order valence-electron chi connectivity index (χ1n) is 9.22. The second-order valence-electron chi connectivity index (χ2n) is 8.40. The molecule has 0 bridgehead atoms. The van der Waals surface area contributed by atoms with E-state index in [-0.39, 0.29) is 23.3 Å². The van der Waals surface area contributed by atoms with Crippen molar-refractivity contribution in [2.75, 3.05) is 0 Å². The molecular weight excluding hydrogens is 312 g/mol. The minimum atomic E-state index is -0.559. The van der Waals surface area contributed by atoms with Crippen LogP contribution in [0.2, 0.25) is 0 Å². The van der Waals surface area contributed by atoms with Gasteiger partial charge in [-0.25, -0.2) is 0 Å². The van der Waals surface area contributed by atoms with Crippen molar-refractivity contribution in [1.82, 2.24) is 10.6 Å². The predicted octanol–water partition coefficient (Wildman–Crippen LogP) is 4.04. The molecule has 0 fully saturated rings. The van der Waals surface area contributed by atoms with E-state index in [1.54, 1.807) is 6.92 Å². The maximum Gasteiger partial charge on any atom is 0.251 e. The van der Waals surface area contributed by atoms with E-state index in [4.69, 9.17) is 0 Å². The molecule has 0 aliphatic rings. The molecule has 2 unspecified atom stereocenters. The van der Waals surface area contributed by atoms with E-state index in [9.17, 15) is 9.59 Å². The maximum atomic E-state index is 12.3. The lowest BCUT2D eigenvalue weighted by atomic mass is 9.86. The minimum absolute atomic E-state index is 0.0499. The van der Waals surface area contributed by atoms with Crippen LogP contribution in [0.25, 0.3) is 0 Å². The fourth-order valence-corrected chi connectivity index (χ4v) is 2.49. The van der Waals surface area contributed by atoms with Crippen LogP contribution in [-0.2, 0) is 10.2 Å². The number of rotatable bonds is 7. The second kappa shape index (κ2) is 9.02. The van der Waals surface area contributed by atoms with Crippen LogP contribution < -0.4 is 10.6 Å². The highest BCUT2D eigenvalue weighted by molar-refractivity contribution is 5.97. The first-order chi connectivity index (χ1) is 11.5. The van der Waals surface area contributed by atoms with Crippen molar-refractivity contribution in [3.05, 3.63) is 35.4 Å². The third kappa shape index (κ3) is 7.29. The monoisotopic (exact) mass is 346 g/mol. The Morgan fingerprint density at radius 1 is 0.920 bits per heavy atom. The van der Waals surface area contributed by atoms with Crippen LogP contribution in [0.5, 0.6) is 0 Å². The second-order valence-corrected chi connectivity index (χ2v) is 8.40. The summed E-state index contributed by atoms with van der Waals surface area (Å²) in [6, 6.07) is 7.11. The van der Waals surface area contributed by atoms with Gasteiger partial charge < -0.3 is 10.6 Å². The number of nitrogens with one attached hydrogen (secondary N) is 2. The van der Waals surface area contributed by atoms with Gasteiger partial charge in [0.15, 0.2) is 0 Å². The molecule has 140 valence electrons. The van der Waals surface area contributed by atoms with Gasteiger partial charge in [0.25, 0.3) is 5.91 Å². The van der Waals surface area contributed by atoms with Gasteiger partial charge in [0.1, 0.15) is 6.04 Å². The summed E-state index contributed by atoms with van der Waals surface area (Å²) in [5, 5.41) is 5.74. The zero-order valence-electron chi connectivity index (χ0n) is 16.8. The molecule has 0 heterocycles. The zero-order chi connectivity index (χ0) is 19.2. The van der Waals surface area contributed by atoms with Gasteiger partial charge >= 0.3 is 0 Å². The zero-order valence-corrected chi connectivity index (χ0v) is 16.8. The highest BCUT2D eigenvalue weighted by Crippen LogP contribution is 2.22. The lowest BCUT2D eigenvalue weighted by Gasteiger charge is -2.20. The molecule has 0 spiro atoms. The van der Waals surface area contributed by atoms with E-state index in [0.29, 0.717) is 11.5 Å². The predicted molar refractivity (Wildman–Crippen MR) is 104 cm³/mol. The van der Waals surface area contributed by atoms with Crippen molar-refractivity contribution in [2.45, 2.75) is 78.8 Å². The van der Waals surface area contributed by atoms with Gasteiger partial charge in [-0.15, -0.1) is 0 Å². The summed E-state index contributed by atoms with van der Waals surface area (Å²) in [5.41, 5.74) is 1.79. The molecule has 0 aromatic heterocycles. The first kappa shape index (κ1) is 21.2. The van der Waals surface area contributed by atoms with E-state index in [1.165, 1.54) is 5.56 Å². The van der Waals surface area contributed by atoms with Crippen LogP contribution in [0.3, 0.4) is 0 Å². The van der Waals surface area contributed by atoms with Crippen LogP contribution >= 0.6 is 0 Å². The van der Waals surface area contributed by atoms with Crippen molar-refractivity contribution in [3.8, 4) is 0 Å². The Morgan fingerprint density at radius 2 is 1.48 bits per heavy atom. The Hall–Kier alpha value is -1.84. The average Bonchev–Trinajstić information content (AvgIpc) is 2.52. The van der Waals surface area contributed by atoms with Crippen LogP contribution in [0.4, 0.5) is 0 Å². The Morgan fingerprint density at radius 3 is 1.96 bits per heavy atom. The van der Waals surface area contributed by atoms with Crippen molar-refractivity contribution in [3.63, 3.8) is 0 Å². The van der Waals surface area contributed by atoms with E-state index < -0.39 is 6.04 Å². The Balaban J connectivity index is 2.56. The van der Waals surface area contributed by atoms with Gasteiger partial charge in [-0.2, -0.15) is 0 Å². The summed E-state index contributed by atoms with van der Waals surface area (Å²) in [6.07, 6.45) is 2.01. The van der Waals surface area contributed by atoms with Crippen LogP contribution in [0.1, 0.15) is 77.2 Å². The summed E-state index contributed by atoms with van der Waals surface area (Å²) in [6.45, 7) is 14.5. The largest absolute Gasteiger partial charge is 0.352 e. The summed E-state index contributed by atoms with van der Waals surface area (Å²) < 4.78 is 0. The molecule has 1 aromatic rings. The number of hydrogen-bond donors (Lipinski definition) is 2. The molecule has 0 radical (unpaired) electrons. The molecular formula is C21H34N2O2. The summed E-state index contributed by atoms with van der Waals surface area (Å²) in [7, 11) is 0. The highest BCUT2D eigenvalue weighted by atomic mass is 16.2. The SMILES string of the molecule is CC(C)CCC(C)NC(=O)C(C)NC(=O)c1ccc(C(C)(C)C)cc1. The van der Waals surface area contributed by atoms with E-state index in [1.807, 2.05) is 31.2 Å². The molecule has 2 N–H and O–H groups in total. The number of carbonyl (C=O) groups excluding carboxylic acids is 2. The molecule has 25 heavy (non-hydrogen) atoms. The molecule has 2 atom stereocenters. The topological polar surface area (TPSA) is 58.2 Å². The van der Waals surface area contributed by atoms with Gasteiger partial charge in [-0.05, 0) is 55.7 Å². The van der Waals surface area contributed by atoms with Crippen molar-refractivity contribution in [1.29, 1.82) is 0 Å². The van der Waals surface area contributed by atoms with Crippen molar-refractivity contribution < 1.29 is 9.59 Å². The van der Waals surface area contributed by atoms with E-state index in [0.717, 1.165) is 12.8 Å². The number of carbonyl (C=O) groups is 2. The van der Waals surface area contributed by atoms with Crippen molar-refractivity contribution in [2.24, 2.45) is 5.92 Å². The lowest BCUT2D eigenvalue weighted by molar-refractivity contribution is -0.123. The van der Waals surface area contributed by atoms with Gasteiger partial charge in [0.05, 0.1) is 0 Å². The number of benzene rings is 1. The van der Waals surface area contributed by atoms with Crippen LogP contribution in [-0.4, -0.2) is 23.9 Å². The van der Waals surface area contributed by atoms with Crippen LogP contribution in [0, 0.1) is 5.92 Å². The third-order valence-corrected chi connectivity index (χ3v) is 4.32. The Labute approximate surface area is 152 Å². The van der Waals surface area contributed by atoms with E-state index >= 15 is 0 Å². The fraction of sp³-hybridized carbons (Fsp3) is 0.619. The third-order valence-electron chi connectivity index (χ3n) is 4.32. The number of hydrogen-bond acceptors (Lipinski definition) is 2. The Bertz CT molecular complexity index is 571. The van der Waals surface area contributed by atoms with E-state index in [2.05, 4.69) is 45.3 Å². The average molecular weight is 347 g/mol. The molecule has 4 heteroatoms. The standard InChI is InChI=1S/C21H34N2O2/c1-14(2)8-9-15(3)22-19(24)16(4)23-20(25)17-10-12-18(13-11-17)21(5,6)7/h10-16H,8-9H2,1-7H3,(H,22,24)(H,23,25). The summed E-state index contributed by atoms with van der Waals surface area (Å²) in [5.74, 6) is 0.251. The first-order valence-corrected chi connectivity index (χ1v) is 9.22. The summed E-state index contributed by atoms with van der Waals surface area (Å²) >= 11 is 0. The Kier molecular flexibility index (Phi) is 7.65. The molecule has 4 nitrogen and oxygen atoms in total. The highest BCUT2D eigenvalue weighted by Gasteiger charge is 2.19. The smallest absolute Gasteiger partial charge is 0.251 e. The molecule has 1 aromatic carbocycles. The normalized spacial score (nSPS) is 14.1. The van der Waals surface area contributed by atoms with Gasteiger partial charge in [0.2, 0.25) is 5.91 Å². The quantitative estimate of drug-likeness (QED) is 0.783. The maximum absolute atomic E-state index is 12.3. The van der Waals surface area contributed by atoms with Gasteiger partial charge in [-0.3, -0.25) is 9.59 Å². The van der Waals surface area contributed by atoms with Gasteiger partial charge in [-0.1, -0.05) is 46.8 Å². The van der Waals surface area contributed by atoms with Crippen molar-refractivity contribution >= 4 is 11.8 Å². The van der Waals surface area contributed by atoms with Gasteiger partial charge in [0, 0.05) is 11.6 Å². The number of amides is 2.